The van der Waals surface area contributed by atoms with Crippen LogP contribution in [0.5, 0.6) is 0 Å². The zero-order valence-electron chi connectivity index (χ0n) is 18.0. The van der Waals surface area contributed by atoms with Gasteiger partial charge in [0.2, 0.25) is 0 Å². The van der Waals surface area contributed by atoms with Crippen LogP contribution in [0.2, 0.25) is 0 Å². The SMILES string of the molecule is Cc1ccc2nc(-c3ccc(NC(=O)c4c[nH]c(=O)n(CC5CCCO5)c4=O)cc3)sc2c1. The molecule has 9 heteroatoms. The summed E-state index contributed by atoms with van der Waals surface area (Å²) in [6.45, 7) is 2.80. The Morgan fingerprint density at radius 2 is 2.06 bits per heavy atom. The molecule has 2 aromatic heterocycles. The lowest BCUT2D eigenvalue weighted by Gasteiger charge is -2.12. The molecule has 1 aliphatic heterocycles. The molecule has 1 amide bonds. The molecule has 0 radical (unpaired) electrons. The van der Waals surface area contributed by atoms with Gasteiger partial charge in [0, 0.05) is 24.1 Å². The number of carbonyl (C=O) groups excluding carboxylic acids is 1. The van der Waals surface area contributed by atoms with Crippen molar-refractivity contribution in [2.45, 2.75) is 32.4 Å². The monoisotopic (exact) mass is 462 g/mol. The number of thiazole rings is 1. The lowest BCUT2D eigenvalue weighted by Crippen LogP contribution is -2.41. The zero-order valence-corrected chi connectivity index (χ0v) is 18.8. The van der Waals surface area contributed by atoms with Gasteiger partial charge in [-0.15, -0.1) is 11.3 Å². The average Bonchev–Trinajstić information content (AvgIpc) is 3.46. The number of H-pyrrole nitrogens is 1. The number of amides is 1. The Balaban J connectivity index is 1.34. The van der Waals surface area contributed by atoms with E-state index in [1.807, 2.05) is 24.3 Å². The van der Waals surface area contributed by atoms with Crippen molar-refractivity contribution in [3.05, 3.63) is 80.6 Å². The minimum atomic E-state index is -0.631. The van der Waals surface area contributed by atoms with Crippen LogP contribution in [0.15, 0.2) is 58.3 Å². The molecule has 8 nitrogen and oxygen atoms in total. The topological polar surface area (TPSA) is 106 Å². The van der Waals surface area contributed by atoms with Crippen molar-refractivity contribution < 1.29 is 9.53 Å². The third-order valence-corrected chi connectivity index (χ3v) is 6.72. The first-order valence-corrected chi connectivity index (χ1v) is 11.5. The van der Waals surface area contributed by atoms with Crippen LogP contribution in [0.25, 0.3) is 20.8 Å². The van der Waals surface area contributed by atoms with Crippen LogP contribution in [0.4, 0.5) is 5.69 Å². The Hall–Kier alpha value is -3.56. The van der Waals surface area contributed by atoms with Crippen LogP contribution in [-0.4, -0.2) is 33.2 Å². The van der Waals surface area contributed by atoms with Gasteiger partial charge in [0.25, 0.3) is 11.5 Å². The number of benzene rings is 2. The predicted octanol–water partition coefficient (Wildman–Crippen LogP) is 3.55. The Morgan fingerprint density at radius 1 is 1.24 bits per heavy atom. The van der Waals surface area contributed by atoms with E-state index in [1.54, 1.807) is 23.5 Å². The number of carbonyl (C=O) groups is 1. The number of hydrogen-bond donors (Lipinski definition) is 2. The number of anilines is 1. The van der Waals surface area contributed by atoms with Crippen molar-refractivity contribution in [3.8, 4) is 10.6 Å². The van der Waals surface area contributed by atoms with Crippen LogP contribution >= 0.6 is 11.3 Å². The van der Waals surface area contributed by atoms with Gasteiger partial charge in [-0.25, -0.2) is 9.78 Å². The number of rotatable bonds is 5. The first kappa shape index (κ1) is 21.3. The van der Waals surface area contributed by atoms with E-state index in [0.717, 1.165) is 44.4 Å². The fourth-order valence-electron chi connectivity index (χ4n) is 3.88. The lowest BCUT2D eigenvalue weighted by atomic mass is 10.2. The van der Waals surface area contributed by atoms with Crippen LogP contribution in [-0.2, 0) is 11.3 Å². The zero-order chi connectivity index (χ0) is 22.9. The van der Waals surface area contributed by atoms with E-state index in [4.69, 9.17) is 4.74 Å². The Labute approximate surface area is 192 Å². The summed E-state index contributed by atoms with van der Waals surface area (Å²) in [4.78, 5) is 44.8. The second-order valence-electron chi connectivity index (χ2n) is 8.08. The second-order valence-corrected chi connectivity index (χ2v) is 9.11. The van der Waals surface area contributed by atoms with Crippen LogP contribution in [0.3, 0.4) is 0 Å². The third-order valence-electron chi connectivity index (χ3n) is 5.65. The molecular weight excluding hydrogens is 440 g/mol. The summed E-state index contributed by atoms with van der Waals surface area (Å²) in [5.74, 6) is -0.583. The highest BCUT2D eigenvalue weighted by atomic mass is 32.1. The Morgan fingerprint density at radius 3 is 2.82 bits per heavy atom. The molecule has 0 aliphatic carbocycles. The summed E-state index contributed by atoms with van der Waals surface area (Å²) in [6, 6.07) is 13.4. The molecule has 2 N–H and O–H groups in total. The van der Waals surface area contributed by atoms with Crippen LogP contribution in [0, 0.1) is 6.92 Å². The van der Waals surface area contributed by atoms with Gasteiger partial charge in [0.15, 0.2) is 0 Å². The largest absolute Gasteiger partial charge is 0.376 e. The van der Waals surface area contributed by atoms with E-state index < -0.39 is 17.2 Å². The minimum Gasteiger partial charge on any atom is -0.376 e. The molecule has 168 valence electrons. The molecule has 3 heterocycles. The fraction of sp³-hybridized carbons (Fsp3) is 0.250. The van der Waals surface area contributed by atoms with E-state index in [-0.39, 0.29) is 18.2 Å². The number of fused-ring (bicyclic) bond motifs is 1. The summed E-state index contributed by atoms with van der Waals surface area (Å²) >= 11 is 1.61. The predicted molar refractivity (Wildman–Crippen MR) is 128 cm³/mol. The van der Waals surface area contributed by atoms with Crippen LogP contribution < -0.4 is 16.6 Å². The van der Waals surface area contributed by atoms with Crippen molar-refractivity contribution in [2.24, 2.45) is 0 Å². The highest BCUT2D eigenvalue weighted by molar-refractivity contribution is 7.21. The van der Waals surface area contributed by atoms with Gasteiger partial charge in [-0.05, 0) is 61.7 Å². The molecule has 0 spiro atoms. The molecule has 1 atom stereocenters. The summed E-state index contributed by atoms with van der Waals surface area (Å²) in [6.07, 6.45) is 2.64. The smallest absolute Gasteiger partial charge is 0.328 e. The minimum absolute atomic E-state index is 0.127. The Bertz CT molecular complexity index is 1450. The number of aromatic amines is 1. The highest BCUT2D eigenvalue weighted by Crippen LogP contribution is 2.31. The number of aromatic nitrogens is 3. The molecule has 4 aromatic rings. The van der Waals surface area contributed by atoms with Gasteiger partial charge in [-0.3, -0.25) is 14.2 Å². The molecule has 5 rings (SSSR count). The maximum absolute atomic E-state index is 12.8. The van der Waals surface area contributed by atoms with Gasteiger partial charge >= 0.3 is 5.69 Å². The molecule has 0 saturated carbocycles. The summed E-state index contributed by atoms with van der Waals surface area (Å²) in [5, 5.41) is 3.62. The van der Waals surface area contributed by atoms with Crippen molar-refractivity contribution in [1.29, 1.82) is 0 Å². The van der Waals surface area contributed by atoms with E-state index >= 15 is 0 Å². The number of aryl methyl sites for hydroxylation is 1. The number of ether oxygens (including phenoxy) is 1. The van der Waals surface area contributed by atoms with E-state index in [9.17, 15) is 14.4 Å². The maximum Gasteiger partial charge on any atom is 0.328 e. The molecule has 1 unspecified atom stereocenters. The van der Waals surface area contributed by atoms with E-state index in [2.05, 4.69) is 28.3 Å². The molecular formula is C24H22N4O4S. The van der Waals surface area contributed by atoms with Crippen molar-refractivity contribution >= 4 is 33.1 Å². The van der Waals surface area contributed by atoms with Gasteiger partial charge in [0.1, 0.15) is 10.6 Å². The van der Waals surface area contributed by atoms with Crippen LogP contribution in [0.1, 0.15) is 28.8 Å². The van der Waals surface area contributed by atoms with E-state index in [0.29, 0.717) is 12.3 Å². The third kappa shape index (κ3) is 4.37. The summed E-state index contributed by atoms with van der Waals surface area (Å²) in [5.41, 5.74) is 2.31. The first-order valence-electron chi connectivity index (χ1n) is 10.7. The molecule has 0 bridgehead atoms. The standard InChI is InChI=1S/C24H22N4O4S/c1-14-4-9-19-20(11-14)33-22(27-19)15-5-7-16(8-6-15)26-21(29)18-12-25-24(31)28(23(18)30)13-17-3-2-10-32-17/h4-9,11-12,17H,2-3,10,13H2,1H3,(H,25,31)(H,26,29). The van der Waals surface area contributed by atoms with E-state index in [1.165, 1.54) is 5.56 Å². The van der Waals surface area contributed by atoms with Gasteiger partial charge in [0.05, 0.1) is 22.9 Å². The van der Waals surface area contributed by atoms with Gasteiger partial charge in [-0.2, -0.15) is 0 Å². The molecule has 1 fully saturated rings. The van der Waals surface area contributed by atoms with Gasteiger partial charge < -0.3 is 15.0 Å². The molecule has 2 aromatic carbocycles. The first-order chi connectivity index (χ1) is 16.0. The molecule has 1 aliphatic rings. The number of nitrogens with zero attached hydrogens (tertiary/aromatic N) is 2. The van der Waals surface area contributed by atoms with Crippen molar-refractivity contribution in [2.75, 3.05) is 11.9 Å². The molecule has 1 saturated heterocycles. The van der Waals surface area contributed by atoms with Crippen molar-refractivity contribution in [3.63, 3.8) is 0 Å². The average molecular weight is 463 g/mol. The number of hydrogen-bond acceptors (Lipinski definition) is 6. The quantitative estimate of drug-likeness (QED) is 0.472. The lowest BCUT2D eigenvalue weighted by molar-refractivity contribution is 0.0941. The Kier molecular flexibility index (Phi) is 5.65. The van der Waals surface area contributed by atoms with Crippen molar-refractivity contribution in [1.82, 2.24) is 14.5 Å². The summed E-state index contributed by atoms with van der Waals surface area (Å²) < 4.78 is 7.67. The highest BCUT2D eigenvalue weighted by Gasteiger charge is 2.21. The normalized spacial score (nSPS) is 15.7. The molecule has 33 heavy (non-hydrogen) atoms. The van der Waals surface area contributed by atoms with Gasteiger partial charge in [-0.1, -0.05) is 6.07 Å². The maximum atomic E-state index is 12.8. The second kappa shape index (κ2) is 8.76. The summed E-state index contributed by atoms with van der Waals surface area (Å²) in [7, 11) is 0. The number of nitrogens with one attached hydrogen (secondary N) is 2. The fourth-order valence-corrected chi connectivity index (χ4v) is 4.95.